The maximum absolute atomic E-state index is 13.9. The number of nitrogens with one attached hydrogen (secondary N) is 1. The summed E-state index contributed by atoms with van der Waals surface area (Å²) in [5.74, 6) is -1.50. The molecule has 0 radical (unpaired) electrons. The average molecular weight is 500 g/mol. The minimum absolute atomic E-state index is 0.131. The topological polar surface area (TPSA) is 44.3 Å². The molecule has 0 aromatic carbocycles. The fourth-order valence-corrected chi connectivity index (χ4v) is 4.48. The van der Waals surface area contributed by atoms with E-state index in [0.29, 0.717) is 11.3 Å². The summed E-state index contributed by atoms with van der Waals surface area (Å²) in [4.78, 5) is 14.5. The van der Waals surface area contributed by atoms with Gasteiger partial charge in [-0.25, -0.2) is 13.8 Å². The summed E-state index contributed by atoms with van der Waals surface area (Å²) in [5, 5.41) is 4.46. The van der Waals surface area contributed by atoms with E-state index in [9.17, 15) is 8.78 Å². The van der Waals surface area contributed by atoms with Gasteiger partial charge in [-0.2, -0.15) is 0 Å². The lowest BCUT2D eigenvalue weighted by Gasteiger charge is -2.34. The number of anilines is 2. The Hall–Kier alpha value is -2.87. The predicted molar refractivity (Wildman–Crippen MR) is 145 cm³/mol. The van der Waals surface area contributed by atoms with Gasteiger partial charge >= 0.3 is 0 Å². The number of aromatic nitrogens is 2. The largest absolute Gasteiger partial charge is 0.372 e. The molecule has 0 bridgehead atoms. The Kier molecular flexibility index (Phi) is 8.59. The number of rotatable bonds is 7. The first-order valence-electron chi connectivity index (χ1n) is 11.8. The molecule has 2 aromatic heterocycles. The predicted octanol–water partition coefficient (Wildman–Crippen LogP) is 7.26. The lowest BCUT2D eigenvalue weighted by atomic mass is 10.1. The Bertz CT molecular complexity index is 1130. The Morgan fingerprint density at radius 3 is 2.54 bits per heavy atom. The molecule has 35 heavy (non-hydrogen) atoms. The van der Waals surface area contributed by atoms with E-state index in [1.54, 1.807) is 18.0 Å². The van der Waals surface area contributed by atoms with Gasteiger partial charge < -0.3 is 15.1 Å². The van der Waals surface area contributed by atoms with Crippen molar-refractivity contribution < 1.29 is 8.78 Å². The van der Waals surface area contributed by atoms with Crippen molar-refractivity contribution in [3.8, 4) is 11.3 Å². The molecule has 0 spiro atoms. The van der Waals surface area contributed by atoms with Crippen molar-refractivity contribution in [1.29, 1.82) is 0 Å². The Morgan fingerprint density at radius 2 is 1.89 bits per heavy atom. The number of allylic oxidation sites excluding steroid dienone is 3. The van der Waals surface area contributed by atoms with Crippen LogP contribution in [0.3, 0.4) is 0 Å². The molecule has 0 amide bonds. The number of hydrogen-bond acceptors (Lipinski definition) is 6. The van der Waals surface area contributed by atoms with Crippen LogP contribution in [0.5, 0.6) is 0 Å². The molecule has 5 nitrogen and oxygen atoms in total. The van der Waals surface area contributed by atoms with Gasteiger partial charge in [0, 0.05) is 50.6 Å². The van der Waals surface area contributed by atoms with Gasteiger partial charge in [-0.1, -0.05) is 30.0 Å². The molecular formula is C27H35F2N5S. The molecular weight excluding hydrogens is 464 g/mol. The van der Waals surface area contributed by atoms with E-state index >= 15 is 0 Å². The number of nitrogens with zero attached hydrogens (tertiary/aromatic N) is 4. The second kappa shape index (κ2) is 11.2. The zero-order chi connectivity index (χ0) is 25.8. The molecule has 1 aliphatic heterocycles. The van der Waals surface area contributed by atoms with Gasteiger partial charge in [-0.15, -0.1) is 0 Å². The minimum Gasteiger partial charge on any atom is -0.372 e. The number of thioether (sulfide) groups is 1. The van der Waals surface area contributed by atoms with Crippen molar-refractivity contribution in [2.75, 3.05) is 29.9 Å². The fourth-order valence-electron chi connectivity index (χ4n) is 3.66. The molecule has 3 rings (SSSR count). The first-order valence-corrected chi connectivity index (χ1v) is 12.6. The zero-order valence-electron chi connectivity index (χ0n) is 21.5. The molecule has 0 atom stereocenters. The lowest BCUT2D eigenvalue weighted by molar-refractivity contribution is 0.0171. The van der Waals surface area contributed by atoms with Crippen LogP contribution < -0.4 is 15.1 Å². The molecule has 0 aliphatic carbocycles. The summed E-state index contributed by atoms with van der Waals surface area (Å²) in [7, 11) is 2.05. The Morgan fingerprint density at radius 1 is 1.17 bits per heavy atom. The first-order chi connectivity index (χ1) is 16.5. The monoisotopic (exact) mass is 499 g/mol. The molecule has 188 valence electrons. The smallest absolute Gasteiger partial charge is 0.272 e. The second-order valence-corrected chi connectivity index (χ2v) is 10.3. The normalized spacial score (nSPS) is 14.7. The van der Waals surface area contributed by atoms with Crippen molar-refractivity contribution in [1.82, 2.24) is 15.3 Å². The molecule has 0 saturated carbocycles. The van der Waals surface area contributed by atoms with E-state index in [-0.39, 0.29) is 5.56 Å². The van der Waals surface area contributed by atoms with Gasteiger partial charge in [-0.3, -0.25) is 4.98 Å². The van der Waals surface area contributed by atoms with Crippen molar-refractivity contribution in [3.05, 3.63) is 70.1 Å². The third-order valence-corrected chi connectivity index (χ3v) is 7.28. The van der Waals surface area contributed by atoms with Gasteiger partial charge in [0.25, 0.3) is 5.92 Å². The van der Waals surface area contributed by atoms with Gasteiger partial charge in [-0.05, 0) is 63.6 Å². The molecule has 0 unspecified atom stereocenters. The Balaban J connectivity index is 2.01. The highest BCUT2D eigenvalue weighted by atomic mass is 32.2. The third kappa shape index (κ3) is 6.63. The second-order valence-electron chi connectivity index (χ2n) is 9.05. The van der Waals surface area contributed by atoms with E-state index in [4.69, 9.17) is 4.98 Å². The standard InChI is InChI=1S/C27H35F2N5S/c1-8-25(35-19(4)18(2)3)31-20(5)34-14-10-9-13-33(7)24-12-11-23(32-26(24)34)21-15-22(17-30-16-21)27(6,28)29/h8,11-12,15-17,31H,5,9-10,13-14H2,1-4,6-7H3/b25-8-. The van der Waals surface area contributed by atoms with E-state index in [1.807, 2.05) is 32.2 Å². The van der Waals surface area contributed by atoms with E-state index < -0.39 is 5.92 Å². The van der Waals surface area contributed by atoms with Gasteiger partial charge in [0.1, 0.15) is 5.82 Å². The van der Waals surface area contributed by atoms with Crippen LogP contribution in [0, 0.1) is 0 Å². The van der Waals surface area contributed by atoms with Gasteiger partial charge in [0.15, 0.2) is 5.82 Å². The maximum atomic E-state index is 13.9. The third-order valence-electron chi connectivity index (χ3n) is 6.01. The number of halogens is 2. The number of alkyl halides is 2. The van der Waals surface area contributed by atoms with Crippen molar-refractivity contribution in [2.24, 2.45) is 0 Å². The van der Waals surface area contributed by atoms with Crippen molar-refractivity contribution >= 4 is 23.3 Å². The van der Waals surface area contributed by atoms with Crippen LogP contribution in [-0.2, 0) is 5.92 Å². The van der Waals surface area contributed by atoms with Crippen LogP contribution in [0.2, 0.25) is 0 Å². The average Bonchev–Trinajstić information content (AvgIpc) is 2.81. The number of hydrogen-bond donors (Lipinski definition) is 1. The highest BCUT2D eigenvalue weighted by molar-refractivity contribution is 8.06. The summed E-state index contributed by atoms with van der Waals surface area (Å²) in [5.41, 5.74) is 3.25. The summed E-state index contributed by atoms with van der Waals surface area (Å²) >= 11 is 1.67. The molecule has 8 heteroatoms. The Labute approximate surface area is 212 Å². The summed E-state index contributed by atoms with van der Waals surface area (Å²) in [6.45, 7) is 15.2. The number of fused-ring (bicyclic) bond motifs is 1. The van der Waals surface area contributed by atoms with Crippen LogP contribution in [0.25, 0.3) is 11.3 Å². The highest BCUT2D eigenvalue weighted by Crippen LogP contribution is 2.36. The SMILES string of the molecule is C=C(N/C(=C/C)SC(C)=C(C)C)N1CCCCN(C)c2ccc(-c3cncc(C(C)(F)F)c3)nc21. The molecule has 0 saturated heterocycles. The number of pyridine rings is 2. The summed E-state index contributed by atoms with van der Waals surface area (Å²) in [6, 6.07) is 5.33. The molecule has 2 aromatic rings. The van der Waals surface area contributed by atoms with Crippen molar-refractivity contribution in [2.45, 2.75) is 53.4 Å². The van der Waals surface area contributed by atoms with Crippen LogP contribution in [0.15, 0.2) is 64.6 Å². The van der Waals surface area contributed by atoms with E-state index in [0.717, 1.165) is 55.2 Å². The maximum Gasteiger partial charge on any atom is 0.272 e. The van der Waals surface area contributed by atoms with Gasteiger partial charge in [0.05, 0.1) is 16.4 Å². The first kappa shape index (κ1) is 26.7. The molecule has 1 aliphatic rings. The highest BCUT2D eigenvalue weighted by Gasteiger charge is 2.26. The van der Waals surface area contributed by atoms with Gasteiger partial charge in [0.2, 0.25) is 0 Å². The fraction of sp³-hybridized carbons (Fsp3) is 0.407. The van der Waals surface area contributed by atoms with Crippen LogP contribution >= 0.6 is 11.8 Å². The van der Waals surface area contributed by atoms with Crippen LogP contribution in [0.1, 0.15) is 53.0 Å². The van der Waals surface area contributed by atoms with E-state index in [1.165, 1.54) is 22.7 Å². The summed E-state index contributed by atoms with van der Waals surface area (Å²) in [6.07, 6.45) is 6.83. The molecule has 3 heterocycles. The molecule has 1 N–H and O–H groups in total. The minimum atomic E-state index is -2.97. The van der Waals surface area contributed by atoms with Crippen LogP contribution in [0.4, 0.5) is 20.3 Å². The molecule has 0 fully saturated rings. The lowest BCUT2D eigenvalue weighted by Crippen LogP contribution is -2.35. The van der Waals surface area contributed by atoms with Crippen LogP contribution in [-0.4, -0.2) is 30.1 Å². The zero-order valence-corrected chi connectivity index (χ0v) is 22.3. The summed E-state index contributed by atoms with van der Waals surface area (Å²) < 4.78 is 27.9. The quantitative estimate of drug-likeness (QED) is 0.432. The van der Waals surface area contributed by atoms with E-state index in [2.05, 4.69) is 47.5 Å². The van der Waals surface area contributed by atoms with Crippen molar-refractivity contribution in [3.63, 3.8) is 0 Å².